The average molecular weight is 403 g/mol. The highest BCUT2D eigenvalue weighted by Crippen LogP contribution is 2.29. The first kappa shape index (κ1) is 19.5. The number of para-hydroxylation sites is 1. The van der Waals surface area contributed by atoms with Crippen molar-refractivity contribution in [2.45, 2.75) is 13.5 Å². The van der Waals surface area contributed by atoms with Crippen molar-refractivity contribution in [1.29, 1.82) is 5.26 Å². The summed E-state index contributed by atoms with van der Waals surface area (Å²) in [6, 6.07) is 9.10. The summed E-state index contributed by atoms with van der Waals surface area (Å²) in [5.41, 5.74) is 1.27. The largest absolute Gasteiger partial charge is 0.423 e. The van der Waals surface area contributed by atoms with Gasteiger partial charge in [-0.15, -0.1) is 5.92 Å². The highest BCUT2D eigenvalue weighted by atomic mass is 16.5. The van der Waals surface area contributed by atoms with Gasteiger partial charge >= 0.3 is 11.7 Å². The molecule has 0 radical (unpaired) electrons. The highest BCUT2D eigenvalue weighted by molar-refractivity contribution is 5.85. The fourth-order valence-electron chi connectivity index (χ4n) is 3.45. The maximum Gasteiger partial charge on any atom is 0.331 e. The Kier molecular flexibility index (Phi) is 5.38. The molecular formula is C21H21N7O2. The van der Waals surface area contributed by atoms with Crippen LogP contribution in [0.2, 0.25) is 0 Å². The second-order valence-corrected chi connectivity index (χ2v) is 6.80. The number of aryl methyl sites for hydroxylation is 1. The van der Waals surface area contributed by atoms with Crippen molar-refractivity contribution in [3.05, 3.63) is 40.3 Å². The first-order valence-corrected chi connectivity index (χ1v) is 9.63. The molecule has 3 aromatic rings. The Morgan fingerprint density at radius 1 is 1.23 bits per heavy atom. The van der Waals surface area contributed by atoms with Crippen molar-refractivity contribution in [2.24, 2.45) is 7.05 Å². The zero-order valence-electron chi connectivity index (χ0n) is 16.8. The monoisotopic (exact) mass is 403 g/mol. The van der Waals surface area contributed by atoms with Crippen LogP contribution in [0.15, 0.2) is 29.1 Å². The number of nitrogens with one attached hydrogen (secondary N) is 1. The van der Waals surface area contributed by atoms with Gasteiger partial charge in [0.2, 0.25) is 0 Å². The van der Waals surface area contributed by atoms with Crippen LogP contribution in [0.5, 0.6) is 11.8 Å². The molecule has 0 spiro atoms. The molecule has 152 valence electrons. The van der Waals surface area contributed by atoms with E-state index in [9.17, 15) is 10.1 Å². The van der Waals surface area contributed by atoms with Crippen LogP contribution in [0.4, 0.5) is 5.82 Å². The first-order valence-electron chi connectivity index (χ1n) is 9.63. The van der Waals surface area contributed by atoms with Crippen molar-refractivity contribution in [2.75, 3.05) is 31.1 Å². The Balaban J connectivity index is 1.91. The number of anilines is 1. The van der Waals surface area contributed by atoms with E-state index in [2.05, 4.69) is 38.1 Å². The number of imidazole rings is 1. The molecule has 0 bridgehead atoms. The highest BCUT2D eigenvalue weighted by Gasteiger charge is 2.24. The smallest absolute Gasteiger partial charge is 0.331 e. The third kappa shape index (κ3) is 3.47. The zero-order valence-corrected chi connectivity index (χ0v) is 16.8. The normalized spacial score (nSPS) is 13.6. The van der Waals surface area contributed by atoms with Crippen LogP contribution in [-0.2, 0) is 13.6 Å². The first-order chi connectivity index (χ1) is 14.6. The molecule has 0 aliphatic carbocycles. The van der Waals surface area contributed by atoms with Gasteiger partial charge in [0.05, 0.1) is 12.1 Å². The van der Waals surface area contributed by atoms with Crippen molar-refractivity contribution >= 4 is 17.0 Å². The van der Waals surface area contributed by atoms with E-state index in [4.69, 9.17) is 4.74 Å². The van der Waals surface area contributed by atoms with Crippen molar-refractivity contribution in [1.82, 2.24) is 24.4 Å². The SMILES string of the molecule is CC#CCn1c(=O)n(C)c2nc(Oc3ccccc3C#N)nc(N3CCNCC3)c21. The Bertz CT molecular complexity index is 1250. The van der Waals surface area contributed by atoms with Gasteiger partial charge in [-0.2, -0.15) is 15.2 Å². The number of fused-ring (bicyclic) bond motifs is 1. The molecule has 1 N–H and O–H groups in total. The molecule has 9 heteroatoms. The van der Waals surface area contributed by atoms with Crippen molar-refractivity contribution in [3.63, 3.8) is 0 Å². The molecule has 0 saturated carbocycles. The molecule has 1 aliphatic rings. The molecule has 2 aromatic heterocycles. The molecule has 3 heterocycles. The van der Waals surface area contributed by atoms with E-state index in [0.29, 0.717) is 28.3 Å². The fourth-order valence-corrected chi connectivity index (χ4v) is 3.45. The van der Waals surface area contributed by atoms with Gasteiger partial charge < -0.3 is 15.0 Å². The van der Waals surface area contributed by atoms with E-state index in [1.165, 1.54) is 4.57 Å². The number of ether oxygens (including phenoxy) is 1. The lowest BCUT2D eigenvalue weighted by Crippen LogP contribution is -2.44. The average Bonchev–Trinajstić information content (AvgIpc) is 3.02. The van der Waals surface area contributed by atoms with Crippen LogP contribution in [0.3, 0.4) is 0 Å². The van der Waals surface area contributed by atoms with Crippen LogP contribution in [-0.4, -0.2) is 45.3 Å². The van der Waals surface area contributed by atoms with E-state index < -0.39 is 0 Å². The lowest BCUT2D eigenvalue weighted by atomic mass is 10.2. The van der Waals surface area contributed by atoms with Crippen LogP contribution >= 0.6 is 0 Å². The van der Waals surface area contributed by atoms with Crippen molar-refractivity contribution < 1.29 is 4.74 Å². The lowest BCUT2D eigenvalue weighted by Gasteiger charge is -2.29. The van der Waals surface area contributed by atoms with Gasteiger partial charge in [-0.25, -0.2) is 4.79 Å². The summed E-state index contributed by atoms with van der Waals surface area (Å²) in [6.45, 7) is 5.09. The van der Waals surface area contributed by atoms with E-state index in [1.54, 1.807) is 42.8 Å². The minimum atomic E-state index is -0.215. The number of hydrogen-bond donors (Lipinski definition) is 1. The molecule has 0 atom stereocenters. The van der Waals surface area contributed by atoms with Crippen molar-refractivity contribution in [3.8, 4) is 29.7 Å². The maximum atomic E-state index is 12.9. The minimum Gasteiger partial charge on any atom is -0.423 e. The standard InChI is InChI=1S/C21H21N7O2/c1-3-4-11-28-17-18(26(2)21(28)29)24-20(25-19(17)27-12-9-23-10-13-27)30-16-8-6-5-7-15(16)14-22/h5-8,23H,9-13H2,1-2H3. The van der Waals surface area contributed by atoms with Crippen LogP contribution < -0.4 is 20.6 Å². The van der Waals surface area contributed by atoms with Gasteiger partial charge in [0.1, 0.15) is 17.3 Å². The third-order valence-electron chi connectivity index (χ3n) is 4.97. The maximum absolute atomic E-state index is 12.9. The summed E-state index contributed by atoms with van der Waals surface area (Å²) >= 11 is 0. The molecule has 0 amide bonds. The second kappa shape index (κ2) is 8.27. The van der Waals surface area contributed by atoms with E-state index >= 15 is 0 Å². The summed E-state index contributed by atoms with van der Waals surface area (Å²) in [6.07, 6.45) is 0. The summed E-state index contributed by atoms with van der Waals surface area (Å²) in [5.74, 6) is 6.78. The fraction of sp³-hybridized carbons (Fsp3) is 0.333. The van der Waals surface area contributed by atoms with Crippen LogP contribution in [0.1, 0.15) is 12.5 Å². The quantitative estimate of drug-likeness (QED) is 0.654. The molecule has 1 fully saturated rings. The van der Waals surface area contributed by atoms with Crippen LogP contribution in [0, 0.1) is 23.2 Å². The van der Waals surface area contributed by atoms with Crippen LogP contribution in [0.25, 0.3) is 11.2 Å². The van der Waals surface area contributed by atoms with E-state index in [-0.39, 0.29) is 18.2 Å². The molecule has 4 rings (SSSR count). The molecule has 9 nitrogen and oxygen atoms in total. The van der Waals surface area contributed by atoms with Gasteiger partial charge in [-0.3, -0.25) is 9.13 Å². The predicted molar refractivity (Wildman–Crippen MR) is 113 cm³/mol. The summed E-state index contributed by atoms with van der Waals surface area (Å²) in [4.78, 5) is 24.1. The molecule has 0 unspecified atom stereocenters. The van der Waals surface area contributed by atoms with Gasteiger partial charge in [0.15, 0.2) is 11.5 Å². The minimum absolute atomic E-state index is 0.0908. The number of hydrogen-bond acceptors (Lipinski definition) is 7. The number of piperazine rings is 1. The van der Waals surface area contributed by atoms with Gasteiger partial charge in [-0.1, -0.05) is 18.1 Å². The summed E-state index contributed by atoms with van der Waals surface area (Å²) in [7, 11) is 1.67. The Morgan fingerprint density at radius 3 is 2.73 bits per heavy atom. The summed E-state index contributed by atoms with van der Waals surface area (Å²) in [5, 5.41) is 12.7. The number of rotatable bonds is 4. The zero-order chi connectivity index (χ0) is 21.1. The number of aromatic nitrogens is 4. The van der Waals surface area contributed by atoms with Gasteiger partial charge in [0, 0.05) is 33.2 Å². The number of nitriles is 1. The topological polar surface area (TPSA) is 101 Å². The molecule has 30 heavy (non-hydrogen) atoms. The summed E-state index contributed by atoms with van der Waals surface area (Å²) < 4.78 is 8.95. The van der Waals surface area contributed by atoms with E-state index in [0.717, 1.165) is 26.2 Å². The third-order valence-corrected chi connectivity index (χ3v) is 4.97. The molecule has 1 aromatic carbocycles. The van der Waals surface area contributed by atoms with Gasteiger partial charge in [-0.05, 0) is 19.1 Å². The van der Waals surface area contributed by atoms with E-state index in [1.807, 2.05) is 0 Å². The van der Waals surface area contributed by atoms with Gasteiger partial charge in [0.25, 0.3) is 0 Å². The second-order valence-electron chi connectivity index (χ2n) is 6.80. The molecule has 1 aliphatic heterocycles. The molecule has 1 saturated heterocycles. The number of benzene rings is 1. The Labute approximate surface area is 173 Å². The Hall–Kier alpha value is -3.82. The molecular weight excluding hydrogens is 382 g/mol. The Morgan fingerprint density at radius 2 is 2.00 bits per heavy atom. The number of nitrogens with zero attached hydrogens (tertiary/aromatic N) is 6. The lowest BCUT2D eigenvalue weighted by molar-refractivity contribution is 0.441. The predicted octanol–water partition coefficient (Wildman–Crippen LogP) is 1.23.